The lowest BCUT2D eigenvalue weighted by molar-refractivity contribution is 0.0696. The maximum Gasteiger partial charge on any atom is 0.336 e. The predicted octanol–water partition coefficient (Wildman–Crippen LogP) is 3.25. The summed E-state index contributed by atoms with van der Waals surface area (Å²) in [7, 11) is 0. The second-order valence-corrected chi connectivity index (χ2v) is 5.66. The number of anilines is 1. The van der Waals surface area contributed by atoms with Gasteiger partial charge in [0, 0.05) is 12.2 Å². The largest absolute Gasteiger partial charge is 0.478 e. The summed E-state index contributed by atoms with van der Waals surface area (Å²) in [5.74, 6) is -1.00. The average molecular weight is 278 g/mol. The number of carbonyl (C=O) groups excluding carboxylic acids is 1. The van der Waals surface area contributed by atoms with Crippen LogP contribution in [0, 0.1) is 12.3 Å². The first kappa shape index (κ1) is 16.0. The number of benzene rings is 1. The SMILES string of the molecule is CCC(C)(C)CNC(=O)Nc1ccc(C)c(C(=O)O)c1. The van der Waals surface area contributed by atoms with Crippen LogP contribution in [0.5, 0.6) is 0 Å². The number of carboxylic acids is 1. The molecule has 0 spiro atoms. The number of carbonyl (C=O) groups is 2. The summed E-state index contributed by atoms with van der Waals surface area (Å²) in [5.41, 5.74) is 1.36. The van der Waals surface area contributed by atoms with Crippen LogP contribution in [-0.4, -0.2) is 23.7 Å². The van der Waals surface area contributed by atoms with E-state index in [-0.39, 0.29) is 17.0 Å². The van der Waals surface area contributed by atoms with Crippen LogP contribution < -0.4 is 10.6 Å². The molecule has 1 rings (SSSR count). The lowest BCUT2D eigenvalue weighted by atomic mass is 9.90. The molecule has 110 valence electrons. The normalized spacial score (nSPS) is 11.0. The van der Waals surface area contributed by atoms with Gasteiger partial charge in [-0.3, -0.25) is 0 Å². The van der Waals surface area contributed by atoms with Crippen molar-refractivity contribution < 1.29 is 14.7 Å². The van der Waals surface area contributed by atoms with Gasteiger partial charge in [-0.15, -0.1) is 0 Å². The number of hydrogen-bond donors (Lipinski definition) is 3. The minimum atomic E-state index is -1.00. The second kappa shape index (κ2) is 6.41. The van der Waals surface area contributed by atoms with Gasteiger partial charge < -0.3 is 15.7 Å². The molecule has 20 heavy (non-hydrogen) atoms. The summed E-state index contributed by atoms with van der Waals surface area (Å²) in [4.78, 5) is 22.8. The van der Waals surface area contributed by atoms with Crippen LogP contribution in [0.15, 0.2) is 18.2 Å². The highest BCUT2D eigenvalue weighted by Gasteiger charge is 2.16. The van der Waals surface area contributed by atoms with Crippen LogP contribution >= 0.6 is 0 Å². The standard InChI is InChI=1S/C15H22N2O3/c1-5-15(3,4)9-16-14(20)17-11-7-6-10(2)12(8-11)13(18)19/h6-8H,5,9H2,1-4H3,(H,18,19)(H2,16,17,20). The molecule has 0 radical (unpaired) electrons. The average Bonchev–Trinajstić information content (AvgIpc) is 2.38. The van der Waals surface area contributed by atoms with Crippen LogP contribution in [0.4, 0.5) is 10.5 Å². The second-order valence-electron chi connectivity index (χ2n) is 5.66. The van der Waals surface area contributed by atoms with Gasteiger partial charge in [0.1, 0.15) is 0 Å². The summed E-state index contributed by atoms with van der Waals surface area (Å²) in [6.07, 6.45) is 0.959. The molecule has 0 unspecified atom stereocenters. The van der Waals surface area contributed by atoms with E-state index in [1.165, 1.54) is 6.07 Å². The van der Waals surface area contributed by atoms with Crippen molar-refractivity contribution in [1.82, 2.24) is 5.32 Å². The van der Waals surface area contributed by atoms with Crippen LogP contribution in [-0.2, 0) is 0 Å². The number of hydrogen-bond acceptors (Lipinski definition) is 2. The Labute approximate surface area is 119 Å². The van der Waals surface area contributed by atoms with E-state index < -0.39 is 5.97 Å². The molecule has 0 fully saturated rings. The van der Waals surface area contributed by atoms with E-state index >= 15 is 0 Å². The van der Waals surface area contributed by atoms with Gasteiger partial charge in [0.05, 0.1) is 5.56 Å². The van der Waals surface area contributed by atoms with Crippen molar-refractivity contribution in [3.8, 4) is 0 Å². The van der Waals surface area contributed by atoms with Crippen LogP contribution in [0.1, 0.15) is 43.1 Å². The first-order valence-corrected chi connectivity index (χ1v) is 6.64. The number of aromatic carboxylic acids is 1. The fourth-order valence-electron chi connectivity index (χ4n) is 1.55. The van der Waals surface area contributed by atoms with Gasteiger partial charge in [-0.25, -0.2) is 9.59 Å². The maximum atomic E-state index is 11.8. The van der Waals surface area contributed by atoms with Crippen LogP contribution in [0.2, 0.25) is 0 Å². The molecule has 3 N–H and O–H groups in total. The first-order chi connectivity index (χ1) is 9.25. The summed E-state index contributed by atoms with van der Waals surface area (Å²) >= 11 is 0. The van der Waals surface area contributed by atoms with Gasteiger partial charge in [0.25, 0.3) is 0 Å². The first-order valence-electron chi connectivity index (χ1n) is 6.64. The summed E-state index contributed by atoms with van der Waals surface area (Å²) in [6, 6.07) is 4.50. The number of nitrogens with one attached hydrogen (secondary N) is 2. The Hall–Kier alpha value is -2.04. The van der Waals surface area contributed by atoms with E-state index in [0.29, 0.717) is 17.8 Å². The lowest BCUT2D eigenvalue weighted by Crippen LogP contribution is -2.36. The van der Waals surface area contributed by atoms with Gasteiger partial charge in [-0.2, -0.15) is 0 Å². The van der Waals surface area contributed by atoms with Crippen molar-refractivity contribution in [2.24, 2.45) is 5.41 Å². The zero-order valence-corrected chi connectivity index (χ0v) is 12.4. The van der Waals surface area contributed by atoms with E-state index in [1.807, 2.05) is 0 Å². The van der Waals surface area contributed by atoms with Crippen LogP contribution in [0.3, 0.4) is 0 Å². The molecular weight excluding hydrogens is 256 g/mol. The molecule has 0 atom stereocenters. The molecular formula is C15H22N2O3. The van der Waals surface area contributed by atoms with Crippen molar-refractivity contribution in [1.29, 1.82) is 0 Å². The predicted molar refractivity (Wildman–Crippen MR) is 79.2 cm³/mol. The van der Waals surface area contributed by atoms with E-state index in [4.69, 9.17) is 5.11 Å². The van der Waals surface area contributed by atoms with E-state index in [1.54, 1.807) is 19.1 Å². The Morgan fingerprint density at radius 2 is 1.95 bits per heavy atom. The zero-order chi connectivity index (χ0) is 15.3. The van der Waals surface area contributed by atoms with Gasteiger partial charge in [-0.05, 0) is 36.5 Å². The topological polar surface area (TPSA) is 78.4 Å². The highest BCUT2D eigenvalue weighted by atomic mass is 16.4. The molecule has 0 aliphatic heterocycles. The Morgan fingerprint density at radius 3 is 2.50 bits per heavy atom. The van der Waals surface area contributed by atoms with E-state index in [9.17, 15) is 9.59 Å². The minimum absolute atomic E-state index is 0.0385. The zero-order valence-electron chi connectivity index (χ0n) is 12.4. The molecule has 1 aromatic rings. The molecule has 5 nitrogen and oxygen atoms in total. The number of aryl methyl sites for hydroxylation is 1. The quantitative estimate of drug-likeness (QED) is 0.773. The van der Waals surface area contributed by atoms with Crippen LogP contribution in [0.25, 0.3) is 0 Å². The molecule has 0 aliphatic carbocycles. The number of carboxylic acid groups (broad SMARTS) is 1. The molecule has 2 amide bonds. The van der Waals surface area contributed by atoms with Gasteiger partial charge >= 0.3 is 12.0 Å². The van der Waals surface area contributed by atoms with Crippen molar-refractivity contribution in [2.75, 3.05) is 11.9 Å². The third-order valence-corrected chi connectivity index (χ3v) is 3.41. The third-order valence-electron chi connectivity index (χ3n) is 3.41. The summed E-state index contributed by atoms with van der Waals surface area (Å²) in [6.45, 7) is 8.49. The van der Waals surface area contributed by atoms with Crippen molar-refractivity contribution in [3.05, 3.63) is 29.3 Å². The Kier molecular flexibility index (Phi) is 5.13. The highest BCUT2D eigenvalue weighted by molar-refractivity contribution is 5.94. The lowest BCUT2D eigenvalue weighted by Gasteiger charge is -2.22. The smallest absolute Gasteiger partial charge is 0.336 e. The summed E-state index contributed by atoms with van der Waals surface area (Å²) < 4.78 is 0. The molecule has 0 bridgehead atoms. The molecule has 1 aromatic carbocycles. The van der Waals surface area contributed by atoms with Gasteiger partial charge in [0.15, 0.2) is 0 Å². The number of rotatable bonds is 5. The van der Waals surface area contributed by atoms with Gasteiger partial charge in [-0.1, -0.05) is 26.8 Å². The third kappa shape index (κ3) is 4.57. The molecule has 0 heterocycles. The fraction of sp³-hybridized carbons (Fsp3) is 0.467. The molecule has 5 heteroatoms. The highest BCUT2D eigenvalue weighted by Crippen LogP contribution is 2.18. The maximum absolute atomic E-state index is 11.8. The van der Waals surface area contributed by atoms with Crippen molar-refractivity contribution in [3.63, 3.8) is 0 Å². The molecule has 0 aliphatic rings. The Morgan fingerprint density at radius 1 is 1.30 bits per heavy atom. The monoisotopic (exact) mass is 278 g/mol. The molecule has 0 saturated carbocycles. The molecule has 0 aromatic heterocycles. The van der Waals surface area contributed by atoms with Crippen molar-refractivity contribution >= 4 is 17.7 Å². The Balaban J connectivity index is 2.67. The minimum Gasteiger partial charge on any atom is -0.478 e. The van der Waals surface area contributed by atoms with Gasteiger partial charge in [0.2, 0.25) is 0 Å². The van der Waals surface area contributed by atoms with E-state index in [2.05, 4.69) is 31.4 Å². The summed E-state index contributed by atoms with van der Waals surface area (Å²) in [5, 5.41) is 14.5. The van der Waals surface area contributed by atoms with Crippen molar-refractivity contribution in [2.45, 2.75) is 34.1 Å². The molecule has 0 saturated heterocycles. The number of urea groups is 1. The fourth-order valence-corrected chi connectivity index (χ4v) is 1.55. The van der Waals surface area contributed by atoms with E-state index in [0.717, 1.165) is 6.42 Å². The number of amides is 2. The Bertz CT molecular complexity index is 510.